The zero-order valence-electron chi connectivity index (χ0n) is 14.2. The smallest absolute Gasteiger partial charge is 0.241 e. The number of aliphatic hydroxyl groups excluding tert-OH is 1. The summed E-state index contributed by atoms with van der Waals surface area (Å²) >= 11 is 1.34. The molecule has 0 aliphatic heterocycles. The number of furan rings is 1. The van der Waals surface area contributed by atoms with Crippen LogP contribution < -0.4 is 4.72 Å². The van der Waals surface area contributed by atoms with E-state index in [0.717, 1.165) is 10.3 Å². The summed E-state index contributed by atoms with van der Waals surface area (Å²) in [4.78, 5) is 1.76. The van der Waals surface area contributed by atoms with Gasteiger partial charge in [0.15, 0.2) is 0 Å². The van der Waals surface area contributed by atoms with Gasteiger partial charge in [0.05, 0.1) is 11.2 Å². The monoisotopic (exact) mass is 399 g/mol. The summed E-state index contributed by atoms with van der Waals surface area (Å²) in [5.41, 5.74) is 0. The zero-order valence-corrected chi connectivity index (χ0v) is 15.8. The molecule has 0 fully saturated rings. The molecule has 7 heteroatoms. The molecule has 5 nitrogen and oxygen atoms in total. The van der Waals surface area contributed by atoms with Crippen LogP contribution in [0.2, 0.25) is 0 Å². The highest BCUT2D eigenvalue weighted by Crippen LogP contribution is 2.29. The van der Waals surface area contributed by atoms with Crippen molar-refractivity contribution >= 4 is 32.1 Å². The van der Waals surface area contributed by atoms with Crippen LogP contribution in [0.3, 0.4) is 0 Å². The van der Waals surface area contributed by atoms with Crippen LogP contribution in [0.4, 0.5) is 0 Å². The van der Waals surface area contributed by atoms with Gasteiger partial charge >= 0.3 is 0 Å². The molecule has 0 saturated carbocycles. The van der Waals surface area contributed by atoms with E-state index >= 15 is 0 Å². The highest BCUT2D eigenvalue weighted by Gasteiger charge is 2.19. The van der Waals surface area contributed by atoms with E-state index in [1.165, 1.54) is 17.6 Å². The summed E-state index contributed by atoms with van der Waals surface area (Å²) in [5.74, 6) is 0.458. The molecule has 0 spiro atoms. The van der Waals surface area contributed by atoms with Gasteiger partial charge in [-0.3, -0.25) is 0 Å². The molecule has 138 valence electrons. The standard InChI is InChI=1S/C20H17NO4S2/c22-20(17-8-4-12-25-17)18-11-10-15(26-18)13-21-27(23,24)19-9-3-6-14-5-1-2-7-16(14)19/h1-12,20-22H,13H2. The van der Waals surface area contributed by atoms with Crippen LogP contribution in [-0.4, -0.2) is 13.5 Å². The van der Waals surface area contributed by atoms with Gasteiger partial charge < -0.3 is 9.52 Å². The van der Waals surface area contributed by atoms with Crippen LogP contribution in [0.15, 0.2) is 82.3 Å². The minimum atomic E-state index is -3.66. The van der Waals surface area contributed by atoms with Crippen molar-refractivity contribution < 1.29 is 17.9 Å². The molecule has 0 amide bonds. The Kier molecular flexibility index (Phi) is 4.84. The first kappa shape index (κ1) is 17.9. The number of sulfonamides is 1. The van der Waals surface area contributed by atoms with Crippen LogP contribution in [0.1, 0.15) is 21.6 Å². The maximum atomic E-state index is 12.8. The lowest BCUT2D eigenvalue weighted by Crippen LogP contribution is -2.23. The number of hydrogen-bond donors (Lipinski definition) is 2. The van der Waals surface area contributed by atoms with E-state index in [4.69, 9.17) is 4.42 Å². The van der Waals surface area contributed by atoms with Gasteiger partial charge in [-0.25, -0.2) is 13.1 Å². The summed E-state index contributed by atoms with van der Waals surface area (Å²) < 4.78 is 33.4. The van der Waals surface area contributed by atoms with Gasteiger partial charge in [0.25, 0.3) is 0 Å². The fraction of sp³-hybridized carbons (Fsp3) is 0.100. The quantitative estimate of drug-likeness (QED) is 0.513. The van der Waals surface area contributed by atoms with Crippen molar-refractivity contribution in [2.75, 3.05) is 0 Å². The lowest BCUT2D eigenvalue weighted by atomic mass is 10.1. The van der Waals surface area contributed by atoms with E-state index in [1.807, 2.05) is 24.3 Å². The Hall–Kier alpha value is -2.45. The Bertz CT molecular complexity index is 1160. The van der Waals surface area contributed by atoms with E-state index in [-0.39, 0.29) is 11.4 Å². The number of fused-ring (bicyclic) bond motifs is 1. The van der Waals surface area contributed by atoms with Crippen molar-refractivity contribution in [3.8, 4) is 0 Å². The first-order valence-corrected chi connectivity index (χ1v) is 10.6. The van der Waals surface area contributed by atoms with Crippen molar-refractivity contribution in [2.45, 2.75) is 17.5 Å². The average Bonchev–Trinajstić information content (AvgIpc) is 3.37. The molecule has 4 aromatic rings. The topological polar surface area (TPSA) is 79.5 Å². The minimum absolute atomic E-state index is 0.154. The van der Waals surface area contributed by atoms with E-state index in [0.29, 0.717) is 16.0 Å². The molecule has 2 N–H and O–H groups in total. The highest BCUT2D eigenvalue weighted by molar-refractivity contribution is 7.89. The molecule has 2 aromatic carbocycles. The Morgan fingerprint density at radius 2 is 1.81 bits per heavy atom. The lowest BCUT2D eigenvalue weighted by Gasteiger charge is -2.09. The molecule has 1 atom stereocenters. The summed E-state index contributed by atoms with van der Waals surface area (Å²) in [6, 6.07) is 19.6. The van der Waals surface area contributed by atoms with Gasteiger partial charge in [0.1, 0.15) is 11.9 Å². The molecule has 0 saturated heterocycles. The molecule has 27 heavy (non-hydrogen) atoms. The van der Waals surface area contributed by atoms with Crippen LogP contribution in [-0.2, 0) is 16.6 Å². The van der Waals surface area contributed by atoms with E-state index in [9.17, 15) is 13.5 Å². The van der Waals surface area contributed by atoms with Gasteiger partial charge in [0.2, 0.25) is 10.0 Å². The molecule has 0 aliphatic rings. The summed E-state index contributed by atoms with van der Waals surface area (Å²) in [6.45, 7) is 0.154. The Morgan fingerprint density at radius 1 is 1.00 bits per heavy atom. The van der Waals surface area contributed by atoms with Crippen molar-refractivity contribution in [1.29, 1.82) is 0 Å². The number of thiophene rings is 1. The second-order valence-electron chi connectivity index (χ2n) is 6.02. The maximum absolute atomic E-state index is 12.8. The molecule has 4 rings (SSSR count). The second-order valence-corrected chi connectivity index (χ2v) is 8.96. The molecule has 0 radical (unpaired) electrons. The van der Waals surface area contributed by atoms with Crippen LogP contribution in [0.5, 0.6) is 0 Å². The predicted octanol–water partition coefficient (Wildman–Crippen LogP) is 4.05. The molecule has 2 heterocycles. The lowest BCUT2D eigenvalue weighted by molar-refractivity contribution is 0.193. The van der Waals surface area contributed by atoms with Crippen molar-refractivity contribution in [3.63, 3.8) is 0 Å². The fourth-order valence-electron chi connectivity index (χ4n) is 2.90. The van der Waals surface area contributed by atoms with Gasteiger partial charge in [-0.05, 0) is 35.7 Å². The molecule has 0 bridgehead atoms. The molecule has 0 aliphatic carbocycles. The maximum Gasteiger partial charge on any atom is 0.241 e. The van der Waals surface area contributed by atoms with Gasteiger partial charge in [-0.15, -0.1) is 11.3 Å². The first-order valence-electron chi connectivity index (χ1n) is 8.32. The number of rotatable bonds is 6. The summed E-state index contributed by atoms with van der Waals surface area (Å²) in [6.07, 6.45) is 0.652. The van der Waals surface area contributed by atoms with E-state index < -0.39 is 16.1 Å². The van der Waals surface area contributed by atoms with Crippen molar-refractivity contribution in [3.05, 3.63) is 88.5 Å². The van der Waals surface area contributed by atoms with E-state index in [1.54, 1.807) is 42.5 Å². The van der Waals surface area contributed by atoms with Gasteiger partial charge in [-0.2, -0.15) is 0 Å². The first-order chi connectivity index (χ1) is 13.0. The molecular weight excluding hydrogens is 382 g/mol. The van der Waals surface area contributed by atoms with Crippen molar-refractivity contribution in [1.82, 2.24) is 4.72 Å². The molecular formula is C20H17NO4S2. The third kappa shape index (κ3) is 3.68. The second kappa shape index (κ2) is 7.28. The predicted molar refractivity (Wildman–Crippen MR) is 105 cm³/mol. The van der Waals surface area contributed by atoms with Crippen LogP contribution in [0.25, 0.3) is 10.8 Å². The van der Waals surface area contributed by atoms with Crippen molar-refractivity contribution in [2.24, 2.45) is 0 Å². The zero-order chi connectivity index (χ0) is 18.9. The Morgan fingerprint density at radius 3 is 2.63 bits per heavy atom. The average molecular weight is 399 g/mol. The largest absolute Gasteiger partial charge is 0.466 e. The minimum Gasteiger partial charge on any atom is -0.466 e. The third-order valence-electron chi connectivity index (χ3n) is 4.24. The van der Waals surface area contributed by atoms with Gasteiger partial charge in [-0.1, -0.05) is 36.4 Å². The highest BCUT2D eigenvalue weighted by atomic mass is 32.2. The third-order valence-corrected chi connectivity index (χ3v) is 6.84. The number of aliphatic hydroxyl groups is 1. The molecule has 2 aromatic heterocycles. The summed E-state index contributed by atoms with van der Waals surface area (Å²) in [7, 11) is -3.66. The normalized spacial score (nSPS) is 13.1. The Labute approximate surface area is 160 Å². The van der Waals surface area contributed by atoms with Crippen LogP contribution >= 0.6 is 11.3 Å². The molecule has 1 unspecified atom stereocenters. The number of benzene rings is 2. The Balaban J connectivity index is 1.53. The number of hydrogen-bond acceptors (Lipinski definition) is 5. The summed E-state index contributed by atoms with van der Waals surface area (Å²) in [5, 5.41) is 11.9. The van der Waals surface area contributed by atoms with Gasteiger partial charge in [0, 0.05) is 21.7 Å². The number of nitrogens with one attached hydrogen (secondary N) is 1. The SMILES string of the molecule is O=S(=O)(NCc1ccc(C(O)c2ccco2)s1)c1cccc2ccccc12. The van der Waals surface area contributed by atoms with E-state index in [2.05, 4.69) is 4.72 Å². The van der Waals surface area contributed by atoms with Crippen LogP contribution in [0, 0.1) is 0 Å². The fourth-order valence-corrected chi connectivity index (χ4v) is 5.17.